The van der Waals surface area contributed by atoms with E-state index in [0.717, 1.165) is 45.9 Å². The van der Waals surface area contributed by atoms with Crippen LogP contribution in [0.1, 0.15) is 54.3 Å². The lowest BCUT2D eigenvalue weighted by molar-refractivity contribution is -0.137. The molecule has 3 aromatic rings. The molecule has 0 spiro atoms. The summed E-state index contributed by atoms with van der Waals surface area (Å²) < 4.78 is 45.1. The highest BCUT2D eigenvalue weighted by Crippen LogP contribution is 2.43. The van der Waals surface area contributed by atoms with Crippen LogP contribution in [0.25, 0.3) is 0 Å². The second-order valence-corrected chi connectivity index (χ2v) is 10.5. The summed E-state index contributed by atoms with van der Waals surface area (Å²) in [4.78, 5) is 19.2. The molecule has 208 valence electrons. The van der Waals surface area contributed by atoms with E-state index in [-0.39, 0.29) is 31.4 Å². The number of nitrogens with one attached hydrogen (secondary N) is 2. The fourth-order valence-corrected chi connectivity index (χ4v) is 5.50. The largest absolute Gasteiger partial charge is 0.416 e. The Kier molecular flexibility index (Phi) is 7.66. The molecule has 5 rings (SSSR count). The average molecular weight is 559 g/mol. The number of aromatic nitrogens is 1. The number of hydrogen-bond donors (Lipinski definition) is 2. The summed E-state index contributed by atoms with van der Waals surface area (Å²) in [6.45, 7) is 8.72. The van der Waals surface area contributed by atoms with Gasteiger partial charge < -0.3 is 20.3 Å². The molecule has 2 N–H and O–H groups in total. The van der Waals surface area contributed by atoms with Crippen molar-refractivity contribution in [3.05, 3.63) is 82.0 Å². The maximum Gasteiger partial charge on any atom is 0.416 e. The number of alkyl halides is 3. The minimum absolute atomic E-state index is 0. The Labute approximate surface area is 233 Å². The van der Waals surface area contributed by atoms with Gasteiger partial charge in [0.25, 0.3) is 0 Å². The van der Waals surface area contributed by atoms with Crippen LogP contribution >= 0.6 is 13.5 Å². The first-order chi connectivity index (χ1) is 17.9. The summed E-state index contributed by atoms with van der Waals surface area (Å²) in [6, 6.07) is 12.9. The molecule has 0 unspecified atom stereocenters. The van der Waals surface area contributed by atoms with E-state index < -0.39 is 17.3 Å². The van der Waals surface area contributed by atoms with Crippen LogP contribution in [-0.4, -0.2) is 24.0 Å². The van der Waals surface area contributed by atoms with Gasteiger partial charge in [0.15, 0.2) is 0 Å². The van der Waals surface area contributed by atoms with Gasteiger partial charge in [-0.15, -0.1) is 0 Å². The van der Waals surface area contributed by atoms with Gasteiger partial charge >= 0.3 is 6.18 Å². The van der Waals surface area contributed by atoms with Crippen LogP contribution < -0.4 is 15.5 Å². The average Bonchev–Trinajstić information content (AvgIpc) is 3.20. The Bertz CT molecular complexity index is 1390. The predicted molar refractivity (Wildman–Crippen MR) is 151 cm³/mol. The zero-order valence-corrected chi connectivity index (χ0v) is 23.5. The van der Waals surface area contributed by atoms with Gasteiger partial charge in [0.05, 0.1) is 29.2 Å². The van der Waals surface area contributed by atoms with Crippen molar-refractivity contribution in [3.63, 3.8) is 0 Å². The number of fused-ring (bicyclic) bond motifs is 2. The number of carbonyl (C=O) groups is 1. The molecule has 0 saturated heterocycles. The van der Waals surface area contributed by atoms with E-state index in [0.29, 0.717) is 24.5 Å². The molecular weight excluding hydrogens is 525 g/mol. The van der Waals surface area contributed by atoms with Crippen LogP contribution in [0.5, 0.6) is 0 Å². The summed E-state index contributed by atoms with van der Waals surface area (Å²) in [5.41, 5.74) is 4.56. The number of halogens is 3. The predicted octanol–water partition coefficient (Wildman–Crippen LogP) is 6.34. The highest BCUT2D eigenvalue weighted by Gasteiger charge is 2.38. The molecule has 2 aromatic carbocycles. The number of hydrogen-bond acceptors (Lipinski definition) is 5. The Morgan fingerprint density at radius 3 is 2.51 bits per heavy atom. The van der Waals surface area contributed by atoms with Crippen molar-refractivity contribution >= 4 is 36.6 Å². The number of amides is 1. The lowest BCUT2D eigenvalue weighted by Gasteiger charge is -2.38. The summed E-state index contributed by atoms with van der Waals surface area (Å²) in [6.07, 6.45) is -4.37. The summed E-state index contributed by atoms with van der Waals surface area (Å²) in [5.74, 6) is 0.835. The Balaban J connectivity index is 0.00000353. The molecular formula is C29H33F3N4O2S. The zero-order valence-electron chi connectivity index (χ0n) is 22.5. The van der Waals surface area contributed by atoms with Gasteiger partial charge in [-0.2, -0.15) is 26.7 Å². The van der Waals surface area contributed by atoms with Gasteiger partial charge in [-0.25, -0.2) is 4.98 Å². The van der Waals surface area contributed by atoms with Crippen LogP contribution in [0.4, 0.5) is 30.4 Å². The lowest BCUT2D eigenvalue weighted by Crippen LogP contribution is -2.49. The third-order valence-electron chi connectivity index (χ3n) is 7.56. The minimum atomic E-state index is -4.37. The smallest absolute Gasteiger partial charge is 0.366 e. The zero-order chi connectivity index (χ0) is 27.4. The Morgan fingerprint density at radius 1 is 1.18 bits per heavy atom. The van der Waals surface area contributed by atoms with Crippen molar-refractivity contribution in [2.24, 2.45) is 5.92 Å². The first-order valence-corrected chi connectivity index (χ1v) is 12.6. The first kappa shape index (κ1) is 28.8. The quantitative estimate of drug-likeness (QED) is 0.383. The fourth-order valence-electron chi connectivity index (χ4n) is 5.50. The molecule has 2 aliphatic rings. The molecule has 0 bridgehead atoms. The van der Waals surface area contributed by atoms with Crippen molar-refractivity contribution < 1.29 is 22.7 Å². The molecule has 10 heteroatoms. The number of carbonyl (C=O) groups excluding carboxylic acids is 1. The van der Waals surface area contributed by atoms with Crippen molar-refractivity contribution in [1.29, 1.82) is 0 Å². The molecule has 1 aromatic heterocycles. The standard InChI is InChI=1S/C29H31F3N4O2.H2S/c1-16(2)26-27(37)35-25-17(3)34-24(13-23(25)36(26)5)33-14-18-6-11-22-19(12-18)15-38-28(22,4)20-7-9-21(10-8-20)29(30,31)32;/h6-13,16,26H,14-15H2,1-5H3,(H,33,34)(H,35,37);1H2/t26-,28+;/m0./s1. The number of anilines is 3. The molecule has 1 amide bonds. The highest BCUT2D eigenvalue weighted by molar-refractivity contribution is 7.59. The van der Waals surface area contributed by atoms with Crippen LogP contribution in [0.2, 0.25) is 0 Å². The van der Waals surface area contributed by atoms with E-state index in [9.17, 15) is 18.0 Å². The van der Waals surface area contributed by atoms with E-state index in [1.807, 2.05) is 57.8 Å². The molecule has 0 fully saturated rings. The highest BCUT2D eigenvalue weighted by atomic mass is 32.1. The monoisotopic (exact) mass is 558 g/mol. The molecule has 2 atom stereocenters. The lowest BCUT2D eigenvalue weighted by atomic mass is 9.86. The molecule has 0 radical (unpaired) electrons. The number of pyridine rings is 1. The van der Waals surface area contributed by atoms with Crippen molar-refractivity contribution in [3.8, 4) is 0 Å². The second kappa shape index (κ2) is 10.4. The summed E-state index contributed by atoms with van der Waals surface area (Å²) in [7, 11) is 1.93. The van der Waals surface area contributed by atoms with Crippen molar-refractivity contribution in [2.45, 2.75) is 58.7 Å². The number of ether oxygens (including phenoxy) is 1. The Hall–Kier alpha value is -3.24. The number of aryl methyl sites for hydroxylation is 1. The van der Waals surface area contributed by atoms with Crippen LogP contribution in [0.3, 0.4) is 0 Å². The number of benzene rings is 2. The minimum Gasteiger partial charge on any atom is -0.366 e. The second-order valence-electron chi connectivity index (χ2n) is 10.5. The summed E-state index contributed by atoms with van der Waals surface area (Å²) in [5, 5.41) is 6.40. The van der Waals surface area contributed by atoms with Gasteiger partial charge in [-0.1, -0.05) is 44.2 Å². The fraction of sp³-hybridized carbons (Fsp3) is 0.379. The van der Waals surface area contributed by atoms with Gasteiger partial charge in [-0.3, -0.25) is 4.79 Å². The normalized spacial score (nSPS) is 20.3. The van der Waals surface area contributed by atoms with Crippen LogP contribution in [0, 0.1) is 12.8 Å². The molecule has 0 saturated carbocycles. The first-order valence-electron chi connectivity index (χ1n) is 12.6. The summed E-state index contributed by atoms with van der Waals surface area (Å²) >= 11 is 0. The van der Waals surface area contributed by atoms with Gasteiger partial charge in [0, 0.05) is 19.7 Å². The maximum absolute atomic E-state index is 13.0. The SMILES string of the molecule is Cc1nc(NCc2ccc3c(c2)CO[C@]3(C)c2ccc(C(F)(F)F)cc2)cc2c1NC(=O)[C@H](C(C)C)N2C.S. The van der Waals surface area contributed by atoms with E-state index in [4.69, 9.17) is 4.74 Å². The third kappa shape index (κ3) is 5.19. The third-order valence-corrected chi connectivity index (χ3v) is 7.56. The molecule has 39 heavy (non-hydrogen) atoms. The number of nitrogens with zero attached hydrogens (tertiary/aromatic N) is 2. The van der Waals surface area contributed by atoms with E-state index >= 15 is 0 Å². The number of rotatable bonds is 5. The van der Waals surface area contributed by atoms with Gasteiger partial charge in [-0.05, 0) is 54.2 Å². The topological polar surface area (TPSA) is 66.5 Å². The maximum atomic E-state index is 13.0. The Morgan fingerprint density at radius 2 is 1.87 bits per heavy atom. The van der Waals surface area contributed by atoms with Crippen molar-refractivity contribution in [1.82, 2.24) is 4.98 Å². The van der Waals surface area contributed by atoms with Gasteiger partial charge in [0.2, 0.25) is 5.91 Å². The molecule has 2 aliphatic heterocycles. The molecule has 6 nitrogen and oxygen atoms in total. The number of likely N-dealkylation sites (N-methyl/N-ethyl adjacent to an activating group) is 1. The van der Waals surface area contributed by atoms with E-state index in [1.54, 1.807) is 0 Å². The molecule has 0 aliphatic carbocycles. The van der Waals surface area contributed by atoms with Crippen LogP contribution in [-0.2, 0) is 34.5 Å². The van der Waals surface area contributed by atoms with Gasteiger partial charge in [0.1, 0.15) is 17.5 Å². The van der Waals surface area contributed by atoms with E-state index in [1.165, 1.54) is 12.1 Å². The van der Waals surface area contributed by atoms with E-state index in [2.05, 4.69) is 21.7 Å². The van der Waals surface area contributed by atoms with Crippen LogP contribution in [0.15, 0.2) is 48.5 Å². The molecule has 3 heterocycles. The van der Waals surface area contributed by atoms with Crippen molar-refractivity contribution in [2.75, 3.05) is 22.6 Å².